The summed E-state index contributed by atoms with van der Waals surface area (Å²) in [5.74, 6) is 0.918. The lowest BCUT2D eigenvalue weighted by molar-refractivity contribution is -0.111. The van der Waals surface area contributed by atoms with E-state index in [1.807, 2.05) is 24.3 Å². The van der Waals surface area contributed by atoms with Crippen LogP contribution in [0.3, 0.4) is 0 Å². The molecule has 2 aromatic rings. The first-order valence-electron chi connectivity index (χ1n) is 5.12. The molecule has 3 rings (SSSR count). The smallest absolute Gasteiger partial charge is 0.211 e. The third kappa shape index (κ3) is 1.81. The summed E-state index contributed by atoms with van der Waals surface area (Å²) in [5, 5.41) is 4.30. The Morgan fingerprint density at radius 3 is 3.00 bits per heavy atom. The van der Waals surface area contributed by atoms with Crippen molar-refractivity contribution in [3.05, 3.63) is 24.3 Å². The van der Waals surface area contributed by atoms with Crippen molar-refractivity contribution in [2.24, 2.45) is 0 Å². The molecule has 82 valence electrons. The van der Waals surface area contributed by atoms with Crippen LogP contribution in [-0.4, -0.2) is 21.9 Å². The molecule has 16 heavy (non-hydrogen) atoms. The second kappa shape index (κ2) is 4.07. The van der Waals surface area contributed by atoms with Crippen molar-refractivity contribution < 1.29 is 4.79 Å². The molecule has 1 aromatic carbocycles. The van der Waals surface area contributed by atoms with E-state index in [1.54, 1.807) is 11.3 Å². The molecule has 1 fully saturated rings. The monoisotopic (exact) mass is 250 g/mol. The van der Waals surface area contributed by atoms with Gasteiger partial charge in [0.25, 0.3) is 0 Å². The van der Waals surface area contributed by atoms with Gasteiger partial charge in [0.1, 0.15) is 0 Å². The molecule has 0 unspecified atom stereocenters. The van der Waals surface area contributed by atoms with Crippen molar-refractivity contribution in [2.45, 2.75) is 12.5 Å². The molecular weight excluding hydrogens is 240 g/mol. The van der Waals surface area contributed by atoms with Crippen molar-refractivity contribution in [2.75, 3.05) is 11.1 Å². The summed E-state index contributed by atoms with van der Waals surface area (Å²) in [6, 6.07) is 7.96. The zero-order chi connectivity index (χ0) is 11.0. The molecule has 1 aliphatic rings. The van der Waals surface area contributed by atoms with E-state index in [2.05, 4.69) is 10.3 Å². The summed E-state index contributed by atoms with van der Waals surface area (Å²) < 4.78 is 1.16. The Labute approximate surface area is 101 Å². The fraction of sp³-hybridized carbons (Fsp3) is 0.273. The molecule has 1 N–H and O–H groups in total. The van der Waals surface area contributed by atoms with Crippen molar-refractivity contribution >= 4 is 43.6 Å². The van der Waals surface area contributed by atoms with Gasteiger partial charge in [0.05, 0.1) is 16.3 Å². The van der Waals surface area contributed by atoms with Gasteiger partial charge in [-0.3, -0.25) is 4.79 Å². The summed E-state index contributed by atoms with van der Waals surface area (Å²) >= 11 is 3.01. The first-order valence-corrected chi connectivity index (χ1v) is 6.92. The van der Waals surface area contributed by atoms with E-state index in [0.717, 1.165) is 27.5 Å². The highest BCUT2D eigenvalue weighted by molar-refractivity contribution is 8.14. The number of rotatable bonds is 2. The Bertz CT molecular complexity index is 505. The number of carbonyl (C=O) groups excluding carboxylic acids is 1. The van der Waals surface area contributed by atoms with Gasteiger partial charge in [-0.1, -0.05) is 35.2 Å². The van der Waals surface area contributed by atoms with E-state index in [9.17, 15) is 4.79 Å². The molecule has 0 saturated carbocycles. The van der Waals surface area contributed by atoms with E-state index in [0.29, 0.717) is 0 Å². The van der Waals surface area contributed by atoms with Crippen LogP contribution >= 0.6 is 23.1 Å². The van der Waals surface area contributed by atoms with Crippen LogP contribution in [-0.2, 0) is 4.79 Å². The second-order valence-electron chi connectivity index (χ2n) is 3.64. The van der Waals surface area contributed by atoms with Gasteiger partial charge in [0.15, 0.2) is 5.13 Å². The second-order valence-corrected chi connectivity index (χ2v) is 5.77. The number of nitrogens with one attached hydrogen (secondary N) is 1. The van der Waals surface area contributed by atoms with Crippen LogP contribution in [0.2, 0.25) is 0 Å². The van der Waals surface area contributed by atoms with Gasteiger partial charge in [-0.2, -0.15) is 0 Å². The molecule has 5 heteroatoms. The SMILES string of the molecule is O=C1SCC[C@@H]1Nc1nc2ccccc2s1. The Morgan fingerprint density at radius 2 is 2.25 bits per heavy atom. The number of thioether (sulfide) groups is 1. The maximum Gasteiger partial charge on any atom is 0.211 e. The van der Waals surface area contributed by atoms with E-state index >= 15 is 0 Å². The summed E-state index contributed by atoms with van der Waals surface area (Å²) in [7, 11) is 0. The van der Waals surface area contributed by atoms with E-state index in [4.69, 9.17) is 0 Å². The van der Waals surface area contributed by atoms with Crippen LogP contribution in [0.5, 0.6) is 0 Å². The first-order chi connectivity index (χ1) is 7.83. The summed E-state index contributed by atoms with van der Waals surface area (Å²) in [4.78, 5) is 15.9. The summed E-state index contributed by atoms with van der Waals surface area (Å²) in [6.07, 6.45) is 0.902. The quantitative estimate of drug-likeness (QED) is 0.890. The van der Waals surface area contributed by atoms with Gasteiger partial charge in [-0.15, -0.1) is 0 Å². The number of thiazole rings is 1. The Morgan fingerprint density at radius 1 is 1.38 bits per heavy atom. The number of hydrogen-bond donors (Lipinski definition) is 1. The van der Waals surface area contributed by atoms with Gasteiger partial charge in [-0.05, 0) is 18.6 Å². The number of hydrogen-bond acceptors (Lipinski definition) is 5. The highest BCUT2D eigenvalue weighted by atomic mass is 32.2. The fourth-order valence-corrected chi connectivity index (χ4v) is 3.56. The molecule has 3 nitrogen and oxygen atoms in total. The standard InChI is InChI=1S/C11H10N2OS2/c14-10-8(5-6-15-10)13-11-12-7-3-1-2-4-9(7)16-11/h1-4,8H,5-6H2,(H,12,13)/t8-/m0/s1. The van der Waals surface area contributed by atoms with Gasteiger partial charge in [-0.25, -0.2) is 4.98 Å². The number of benzene rings is 1. The average molecular weight is 250 g/mol. The maximum absolute atomic E-state index is 11.5. The minimum Gasteiger partial charge on any atom is -0.351 e. The Kier molecular flexibility index (Phi) is 2.57. The number of nitrogens with zero attached hydrogens (tertiary/aromatic N) is 1. The highest BCUT2D eigenvalue weighted by Crippen LogP contribution is 2.29. The molecule has 1 atom stereocenters. The molecule has 0 amide bonds. The number of para-hydroxylation sites is 1. The largest absolute Gasteiger partial charge is 0.351 e. The fourth-order valence-electron chi connectivity index (χ4n) is 1.71. The molecule has 0 radical (unpaired) electrons. The Balaban J connectivity index is 1.86. The predicted molar refractivity (Wildman–Crippen MR) is 69.1 cm³/mol. The van der Waals surface area contributed by atoms with Crippen LogP contribution in [0.15, 0.2) is 24.3 Å². The van der Waals surface area contributed by atoms with E-state index in [-0.39, 0.29) is 11.2 Å². The van der Waals surface area contributed by atoms with Crippen LogP contribution in [0.1, 0.15) is 6.42 Å². The number of carbonyl (C=O) groups is 1. The summed E-state index contributed by atoms with van der Waals surface area (Å²) in [5.41, 5.74) is 0.994. The first kappa shape index (κ1) is 10.1. The zero-order valence-electron chi connectivity index (χ0n) is 8.47. The zero-order valence-corrected chi connectivity index (χ0v) is 10.1. The summed E-state index contributed by atoms with van der Waals surface area (Å²) in [6.45, 7) is 0. The molecule has 2 heterocycles. The Hall–Kier alpha value is -1.07. The minimum absolute atomic E-state index is 0.0504. The maximum atomic E-state index is 11.5. The van der Waals surface area contributed by atoms with Crippen molar-refractivity contribution in [3.63, 3.8) is 0 Å². The minimum atomic E-state index is -0.0504. The van der Waals surface area contributed by atoms with Gasteiger partial charge >= 0.3 is 0 Å². The lowest BCUT2D eigenvalue weighted by atomic mass is 10.3. The predicted octanol–water partition coefficient (Wildman–Crippen LogP) is 2.74. The van der Waals surface area contributed by atoms with Gasteiger partial charge < -0.3 is 5.32 Å². The third-order valence-corrected chi connectivity index (χ3v) is 4.50. The normalized spacial score (nSPS) is 20.5. The van der Waals surface area contributed by atoms with Crippen LogP contribution < -0.4 is 5.32 Å². The van der Waals surface area contributed by atoms with Gasteiger partial charge in [0, 0.05) is 5.75 Å². The molecule has 1 aliphatic heterocycles. The van der Waals surface area contributed by atoms with Gasteiger partial charge in [0.2, 0.25) is 5.12 Å². The van der Waals surface area contributed by atoms with E-state index < -0.39 is 0 Å². The van der Waals surface area contributed by atoms with Crippen molar-refractivity contribution in [1.82, 2.24) is 4.98 Å². The van der Waals surface area contributed by atoms with Crippen LogP contribution in [0.4, 0.5) is 5.13 Å². The number of aromatic nitrogens is 1. The average Bonchev–Trinajstić information content (AvgIpc) is 2.85. The van der Waals surface area contributed by atoms with Crippen LogP contribution in [0, 0.1) is 0 Å². The van der Waals surface area contributed by atoms with E-state index in [1.165, 1.54) is 11.8 Å². The molecule has 0 aliphatic carbocycles. The molecule has 1 aromatic heterocycles. The van der Waals surface area contributed by atoms with Crippen molar-refractivity contribution in [3.8, 4) is 0 Å². The van der Waals surface area contributed by atoms with Crippen molar-refractivity contribution in [1.29, 1.82) is 0 Å². The lowest BCUT2D eigenvalue weighted by Crippen LogP contribution is -2.22. The molecule has 1 saturated heterocycles. The number of anilines is 1. The topological polar surface area (TPSA) is 42.0 Å². The third-order valence-electron chi connectivity index (χ3n) is 2.53. The highest BCUT2D eigenvalue weighted by Gasteiger charge is 2.25. The lowest BCUT2D eigenvalue weighted by Gasteiger charge is -2.06. The van der Waals surface area contributed by atoms with Crippen LogP contribution in [0.25, 0.3) is 10.2 Å². The molecule has 0 spiro atoms. The molecule has 0 bridgehead atoms. The molecular formula is C11H10N2OS2. The number of fused-ring (bicyclic) bond motifs is 1.